The normalized spacial score (nSPS) is 17.0. The topological polar surface area (TPSA) is 57.7 Å². The van der Waals surface area contributed by atoms with Gasteiger partial charge in [-0.3, -0.25) is 19.4 Å². The number of barbiturate groups is 1. The Balaban J connectivity index is 2.04. The van der Waals surface area contributed by atoms with Gasteiger partial charge in [-0.1, -0.05) is 24.3 Å². The number of hydrogen-bond donors (Lipinski definition) is 0. The lowest BCUT2D eigenvalue weighted by Gasteiger charge is -2.42. The Morgan fingerprint density at radius 3 is 1.21 bits per heavy atom. The highest BCUT2D eigenvalue weighted by atomic mass is 19.4. The van der Waals surface area contributed by atoms with E-state index in [1.807, 2.05) is 0 Å². The number of nitrogens with zero attached hydrogens (tertiary/aromatic N) is 2. The molecule has 33 heavy (non-hydrogen) atoms. The fourth-order valence-corrected chi connectivity index (χ4v) is 3.82. The molecule has 4 amide bonds. The monoisotopic (exact) mass is 472 g/mol. The summed E-state index contributed by atoms with van der Waals surface area (Å²) in [7, 11) is 2.31. The summed E-state index contributed by atoms with van der Waals surface area (Å²) in [5.41, 5.74) is -3.35. The van der Waals surface area contributed by atoms with Gasteiger partial charge in [-0.2, -0.15) is 26.3 Å². The van der Waals surface area contributed by atoms with Crippen LogP contribution in [0.2, 0.25) is 0 Å². The second-order valence-corrected chi connectivity index (χ2v) is 7.84. The standard InChI is InChI=1S/C22H18F6N2O3/c1-29-17(31)20(18(32)30(2)19(29)33,11-13-3-7-15(8-4-13)21(23,24)25)12-14-5-9-16(10-6-14)22(26,27)28/h3-10H,11-12H2,1-2H3. The van der Waals surface area contributed by atoms with Gasteiger partial charge in [0.25, 0.3) is 0 Å². The van der Waals surface area contributed by atoms with Gasteiger partial charge in [0.15, 0.2) is 0 Å². The number of amides is 4. The summed E-state index contributed by atoms with van der Waals surface area (Å²) in [5.74, 6) is -1.79. The number of imide groups is 2. The number of carbonyl (C=O) groups is 3. The molecule has 3 rings (SSSR count). The van der Waals surface area contributed by atoms with E-state index in [-0.39, 0.29) is 24.0 Å². The third kappa shape index (κ3) is 4.57. The van der Waals surface area contributed by atoms with Crippen molar-refractivity contribution in [3.05, 3.63) is 70.8 Å². The molecule has 0 unspecified atom stereocenters. The molecule has 0 saturated carbocycles. The number of alkyl halides is 6. The molecule has 2 aromatic carbocycles. The summed E-state index contributed by atoms with van der Waals surface area (Å²) < 4.78 is 77.3. The molecule has 0 atom stereocenters. The number of rotatable bonds is 4. The Morgan fingerprint density at radius 1 is 0.636 bits per heavy atom. The molecule has 0 N–H and O–H groups in total. The van der Waals surface area contributed by atoms with E-state index < -0.39 is 46.7 Å². The predicted molar refractivity (Wildman–Crippen MR) is 104 cm³/mol. The van der Waals surface area contributed by atoms with Crippen molar-refractivity contribution in [2.75, 3.05) is 14.1 Å². The van der Waals surface area contributed by atoms with Crippen LogP contribution >= 0.6 is 0 Å². The van der Waals surface area contributed by atoms with Crippen LogP contribution in [-0.4, -0.2) is 41.7 Å². The van der Waals surface area contributed by atoms with Crippen LogP contribution in [0.5, 0.6) is 0 Å². The molecule has 0 radical (unpaired) electrons. The lowest BCUT2D eigenvalue weighted by atomic mass is 9.73. The third-order valence-corrected chi connectivity index (χ3v) is 5.58. The second-order valence-electron chi connectivity index (χ2n) is 7.84. The zero-order valence-corrected chi connectivity index (χ0v) is 17.4. The first-order valence-corrected chi connectivity index (χ1v) is 9.59. The van der Waals surface area contributed by atoms with E-state index in [9.17, 15) is 40.7 Å². The first kappa shape index (κ1) is 24.3. The molecule has 11 heteroatoms. The Hall–Kier alpha value is -3.37. The first-order chi connectivity index (χ1) is 15.2. The van der Waals surface area contributed by atoms with Crippen molar-refractivity contribution in [3.8, 4) is 0 Å². The molecular formula is C22H18F6N2O3. The Labute approximate surface area is 184 Å². The van der Waals surface area contributed by atoms with Crippen LogP contribution in [0.25, 0.3) is 0 Å². The predicted octanol–water partition coefficient (Wildman–Crippen LogP) is 4.55. The van der Waals surface area contributed by atoms with Crippen LogP contribution in [0, 0.1) is 5.41 Å². The Morgan fingerprint density at radius 2 is 0.939 bits per heavy atom. The van der Waals surface area contributed by atoms with Crippen LogP contribution in [0.1, 0.15) is 22.3 Å². The largest absolute Gasteiger partial charge is 0.416 e. The maximum Gasteiger partial charge on any atom is 0.416 e. The van der Waals surface area contributed by atoms with Crippen molar-refractivity contribution >= 4 is 17.8 Å². The van der Waals surface area contributed by atoms with Gasteiger partial charge in [0.2, 0.25) is 11.8 Å². The average molecular weight is 472 g/mol. The molecular weight excluding hydrogens is 454 g/mol. The summed E-state index contributed by atoms with van der Waals surface area (Å²) in [6, 6.07) is 6.80. The molecule has 0 aliphatic carbocycles. The molecule has 176 valence electrons. The summed E-state index contributed by atoms with van der Waals surface area (Å²) in [4.78, 5) is 40.0. The van der Waals surface area contributed by atoms with Gasteiger partial charge in [-0.05, 0) is 48.2 Å². The zero-order valence-electron chi connectivity index (χ0n) is 17.4. The summed E-state index contributed by atoms with van der Waals surface area (Å²) >= 11 is 0. The van der Waals surface area contributed by atoms with Gasteiger partial charge >= 0.3 is 18.4 Å². The summed E-state index contributed by atoms with van der Waals surface area (Å²) in [6.45, 7) is 0. The minimum Gasteiger partial charge on any atom is -0.273 e. The van der Waals surface area contributed by atoms with Crippen molar-refractivity contribution < 1.29 is 40.7 Å². The molecule has 1 heterocycles. The van der Waals surface area contributed by atoms with E-state index in [2.05, 4.69) is 0 Å². The van der Waals surface area contributed by atoms with Crippen molar-refractivity contribution in [1.82, 2.24) is 9.80 Å². The molecule has 1 fully saturated rings. The highest BCUT2D eigenvalue weighted by Crippen LogP contribution is 2.38. The van der Waals surface area contributed by atoms with Gasteiger partial charge in [-0.25, -0.2) is 4.79 Å². The van der Waals surface area contributed by atoms with E-state index in [0.29, 0.717) is 0 Å². The average Bonchev–Trinajstić information content (AvgIpc) is 2.74. The Bertz CT molecular complexity index is 990. The van der Waals surface area contributed by atoms with Crippen LogP contribution in [0.4, 0.5) is 31.1 Å². The highest BCUT2D eigenvalue weighted by molar-refractivity contribution is 6.19. The van der Waals surface area contributed by atoms with E-state index in [1.54, 1.807) is 0 Å². The summed E-state index contributed by atoms with van der Waals surface area (Å²) in [6.07, 6.45) is -9.88. The van der Waals surface area contributed by atoms with Crippen LogP contribution < -0.4 is 0 Å². The number of benzene rings is 2. The second kappa shape index (κ2) is 8.20. The van der Waals surface area contributed by atoms with E-state index in [1.165, 1.54) is 0 Å². The SMILES string of the molecule is CN1C(=O)N(C)C(=O)C(Cc2ccc(C(F)(F)F)cc2)(Cc2ccc(C(F)(F)F)cc2)C1=O. The minimum atomic E-state index is -4.58. The van der Waals surface area contributed by atoms with E-state index in [4.69, 9.17) is 0 Å². The van der Waals surface area contributed by atoms with E-state index >= 15 is 0 Å². The van der Waals surface area contributed by atoms with E-state index in [0.717, 1.165) is 72.4 Å². The number of halogens is 6. The molecule has 0 aromatic heterocycles. The summed E-state index contributed by atoms with van der Waals surface area (Å²) in [5, 5.41) is 0. The molecule has 2 aromatic rings. The number of carbonyl (C=O) groups excluding carboxylic acids is 3. The highest BCUT2D eigenvalue weighted by Gasteiger charge is 2.55. The van der Waals surface area contributed by atoms with Crippen molar-refractivity contribution in [2.45, 2.75) is 25.2 Å². The smallest absolute Gasteiger partial charge is 0.273 e. The van der Waals surface area contributed by atoms with Crippen molar-refractivity contribution in [3.63, 3.8) is 0 Å². The molecule has 0 spiro atoms. The fraction of sp³-hybridized carbons (Fsp3) is 0.318. The van der Waals surface area contributed by atoms with Gasteiger partial charge in [-0.15, -0.1) is 0 Å². The maximum atomic E-state index is 13.2. The molecule has 1 aliphatic heterocycles. The van der Waals surface area contributed by atoms with Gasteiger partial charge < -0.3 is 0 Å². The van der Waals surface area contributed by atoms with Gasteiger partial charge in [0.05, 0.1) is 11.1 Å². The molecule has 5 nitrogen and oxygen atoms in total. The Kier molecular flexibility index (Phi) is 6.03. The van der Waals surface area contributed by atoms with Crippen LogP contribution in [0.3, 0.4) is 0 Å². The lowest BCUT2D eigenvalue weighted by molar-refractivity contribution is -0.157. The van der Waals surface area contributed by atoms with Crippen molar-refractivity contribution in [1.29, 1.82) is 0 Å². The number of hydrogen-bond acceptors (Lipinski definition) is 3. The molecule has 1 saturated heterocycles. The first-order valence-electron chi connectivity index (χ1n) is 9.59. The van der Waals surface area contributed by atoms with Crippen LogP contribution in [-0.2, 0) is 34.8 Å². The van der Waals surface area contributed by atoms with Gasteiger partial charge in [0.1, 0.15) is 5.41 Å². The minimum absolute atomic E-state index is 0.216. The quantitative estimate of drug-likeness (QED) is 0.485. The fourth-order valence-electron chi connectivity index (χ4n) is 3.82. The van der Waals surface area contributed by atoms with Gasteiger partial charge in [0, 0.05) is 14.1 Å². The third-order valence-electron chi connectivity index (χ3n) is 5.58. The maximum absolute atomic E-state index is 13.2. The molecule has 1 aliphatic rings. The number of urea groups is 1. The zero-order chi connectivity index (χ0) is 24.8. The lowest BCUT2D eigenvalue weighted by Crippen LogP contribution is -2.64. The molecule has 0 bridgehead atoms. The van der Waals surface area contributed by atoms with Crippen molar-refractivity contribution in [2.24, 2.45) is 5.41 Å². The van der Waals surface area contributed by atoms with Crippen LogP contribution in [0.15, 0.2) is 48.5 Å².